The van der Waals surface area contributed by atoms with E-state index in [2.05, 4.69) is 48.0 Å². The summed E-state index contributed by atoms with van der Waals surface area (Å²) in [5.41, 5.74) is 2.66. The topological polar surface area (TPSA) is 21.7 Å². The molecular formula is C19H27NO2. The Labute approximate surface area is 134 Å². The van der Waals surface area contributed by atoms with Crippen LogP contribution < -0.4 is 0 Å². The Morgan fingerprint density at radius 3 is 2.50 bits per heavy atom. The second-order valence-electron chi connectivity index (χ2n) is 5.40. The van der Waals surface area contributed by atoms with Crippen LogP contribution in [0.4, 0.5) is 0 Å². The zero-order valence-electron chi connectivity index (χ0n) is 13.7. The van der Waals surface area contributed by atoms with Crippen molar-refractivity contribution in [3.63, 3.8) is 0 Å². The van der Waals surface area contributed by atoms with E-state index in [1.165, 1.54) is 11.1 Å². The predicted octanol–water partition coefficient (Wildman–Crippen LogP) is 4.08. The van der Waals surface area contributed by atoms with E-state index in [1.54, 1.807) is 0 Å². The molecule has 0 aromatic heterocycles. The molecule has 1 atom stereocenters. The van der Waals surface area contributed by atoms with Crippen LogP contribution in [0.1, 0.15) is 32.3 Å². The smallest absolute Gasteiger partial charge is 0.174 e. The highest BCUT2D eigenvalue weighted by Gasteiger charge is 2.23. The molecule has 0 aliphatic carbocycles. The van der Waals surface area contributed by atoms with Gasteiger partial charge in [-0.3, -0.25) is 0 Å². The quantitative estimate of drug-likeness (QED) is 0.533. The first-order chi connectivity index (χ1) is 10.8. The van der Waals surface area contributed by atoms with E-state index in [0.717, 1.165) is 19.4 Å². The summed E-state index contributed by atoms with van der Waals surface area (Å²) in [6, 6.07) is 10.9. The monoisotopic (exact) mass is 301 g/mol. The summed E-state index contributed by atoms with van der Waals surface area (Å²) < 4.78 is 11.4. The van der Waals surface area contributed by atoms with E-state index in [-0.39, 0.29) is 6.29 Å². The SMILES string of the molecule is C=C[C@H]1CCC(c2ccccc2)=CN1CC(OCC)OCC. The molecule has 1 aromatic rings. The van der Waals surface area contributed by atoms with Gasteiger partial charge >= 0.3 is 0 Å². The number of benzene rings is 1. The van der Waals surface area contributed by atoms with Gasteiger partial charge in [-0.2, -0.15) is 0 Å². The highest BCUT2D eigenvalue weighted by atomic mass is 16.7. The number of allylic oxidation sites excluding steroid dienone is 1. The molecule has 1 aliphatic heterocycles. The minimum Gasteiger partial charge on any atom is -0.366 e. The maximum atomic E-state index is 5.69. The highest BCUT2D eigenvalue weighted by molar-refractivity contribution is 5.66. The van der Waals surface area contributed by atoms with Crippen LogP contribution in [0.5, 0.6) is 0 Å². The average molecular weight is 301 g/mol. The number of nitrogens with zero attached hydrogens (tertiary/aromatic N) is 1. The van der Waals surface area contributed by atoms with Gasteiger partial charge in [0, 0.05) is 25.5 Å². The fourth-order valence-electron chi connectivity index (χ4n) is 2.84. The summed E-state index contributed by atoms with van der Waals surface area (Å²) in [6.45, 7) is 10.0. The van der Waals surface area contributed by atoms with Crippen LogP contribution in [-0.4, -0.2) is 37.0 Å². The van der Waals surface area contributed by atoms with Crippen LogP contribution in [0, 0.1) is 0 Å². The molecule has 0 bridgehead atoms. The minimum absolute atomic E-state index is 0.191. The number of hydrogen-bond acceptors (Lipinski definition) is 3. The minimum atomic E-state index is -0.191. The molecule has 120 valence electrons. The van der Waals surface area contributed by atoms with Crippen molar-refractivity contribution >= 4 is 5.57 Å². The van der Waals surface area contributed by atoms with E-state index >= 15 is 0 Å². The molecule has 0 spiro atoms. The van der Waals surface area contributed by atoms with Gasteiger partial charge in [0.1, 0.15) is 0 Å². The second kappa shape index (κ2) is 8.76. The Balaban J connectivity index is 2.15. The van der Waals surface area contributed by atoms with Gasteiger partial charge in [0.05, 0.1) is 6.54 Å². The fourth-order valence-corrected chi connectivity index (χ4v) is 2.84. The molecule has 0 radical (unpaired) electrons. The molecule has 3 heteroatoms. The van der Waals surface area contributed by atoms with Gasteiger partial charge in [-0.05, 0) is 37.8 Å². The first-order valence-corrected chi connectivity index (χ1v) is 8.16. The third-order valence-electron chi connectivity index (χ3n) is 3.94. The lowest BCUT2D eigenvalue weighted by Gasteiger charge is -2.36. The number of hydrogen-bond donors (Lipinski definition) is 0. The van der Waals surface area contributed by atoms with Gasteiger partial charge < -0.3 is 14.4 Å². The zero-order chi connectivity index (χ0) is 15.8. The number of ether oxygens (including phenoxy) is 2. The molecule has 0 saturated heterocycles. The summed E-state index contributed by atoms with van der Waals surface area (Å²) in [5, 5.41) is 0. The van der Waals surface area contributed by atoms with E-state index in [1.807, 2.05) is 19.9 Å². The molecule has 0 amide bonds. The fraction of sp³-hybridized carbons (Fsp3) is 0.474. The lowest BCUT2D eigenvalue weighted by atomic mass is 9.95. The summed E-state index contributed by atoms with van der Waals surface area (Å²) in [4.78, 5) is 2.30. The molecule has 0 fully saturated rings. The molecule has 1 aromatic carbocycles. The zero-order valence-corrected chi connectivity index (χ0v) is 13.7. The van der Waals surface area contributed by atoms with Crippen molar-refractivity contribution < 1.29 is 9.47 Å². The van der Waals surface area contributed by atoms with E-state index in [0.29, 0.717) is 19.3 Å². The Hall–Kier alpha value is -1.58. The Bertz CT molecular complexity index is 477. The molecule has 1 heterocycles. The average Bonchev–Trinajstić information content (AvgIpc) is 2.56. The maximum absolute atomic E-state index is 5.69. The van der Waals surface area contributed by atoms with Crippen LogP contribution in [0.3, 0.4) is 0 Å². The standard InChI is InChI=1S/C19H27NO2/c1-4-18-13-12-17(16-10-8-7-9-11-16)14-20(18)15-19(21-5-2)22-6-3/h4,7-11,14,18-19H,1,5-6,12-13,15H2,2-3H3/t18-/m0/s1. The van der Waals surface area contributed by atoms with Crippen LogP contribution in [0.2, 0.25) is 0 Å². The highest BCUT2D eigenvalue weighted by Crippen LogP contribution is 2.28. The summed E-state index contributed by atoms with van der Waals surface area (Å²) in [6.07, 6.45) is 6.23. The van der Waals surface area contributed by atoms with Gasteiger partial charge in [0.15, 0.2) is 6.29 Å². The molecular weight excluding hydrogens is 274 g/mol. The van der Waals surface area contributed by atoms with Crippen molar-refractivity contribution in [2.24, 2.45) is 0 Å². The van der Waals surface area contributed by atoms with Gasteiger partial charge in [0.25, 0.3) is 0 Å². The van der Waals surface area contributed by atoms with Crippen molar-refractivity contribution in [2.45, 2.75) is 39.0 Å². The van der Waals surface area contributed by atoms with Gasteiger partial charge in [0.2, 0.25) is 0 Å². The molecule has 0 saturated carbocycles. The van der Waals surface area contributed by atoms with Crippen molar-refractivity contribution in [2.75, 3.05) is 19.8 Å². The van der Waals surface area contributed by atoms with Crippen molar-refractivity contribution in [1.82, 2.24) is 4.90 Å². The van der Waals surface area contributed by atoms with Crippen LogP contribution in [0.25, 0.3) is 5.57 Å². The maximum Gasteiger partial charge on any atom is 0.174 e. The van der Waals surface area contributed by atoms with E-state index in [9.17, 15) is 0 Å². The largest absolute Gasteiger partial charge is 0.366 e. The van der Waals surface area contributed by atoms with E-state index in [4.69, 9.17) is 9.47 Å². The van der Waals surface area contributed by atoms with Crippen LogP contribution >= 0.6 is 0 Å². The van der Waals surface area contributed by atoms with Crippen molar-refractivity contribution in [1.29, 1.82) is 0 Å². The number of rotatable bonds is 8. The Kier molecular flexibility index (Phi) is 6.69. The molecule has 3 nitrogen and oxygen atoms in total. The van der Waals surface area contributed by atoms with E-state index < -0.39 is 0 Å². The predicted molar refractivity (Wildman–Crippen MR) is 91.4 cm³/mol. The normalized spacial score (nSPS) is 18.4. The second-order valence-corrected chi connectivity index (χ2v) is 5.40. The Morgan fingerprint density at radius 1 is 1.23 bits per heavy atom. The van der Waals surface area contributed by atoms with Crippen LogP contribution in [0.15, 0.2) is 49.2 Å². The summed E-state index contributed by atoms with van der Waals surface area (Å²) in [7, 11) is 0. The summed E-state index contributed by atoms with van der Waals surface area (Å²) in [5.74, 6) is 0. The molecule has 2 rings (SSSR count). The van der Waals surface area contributed by atoms with Crippen molar-refractivity contribution in [3.8, 4) is 0 Å². The van der Waals surface area contributed by atoms with Crippen LogP contribution in [-0.2, 0) is 9.47 Å². The molecule has 1 aliphatic rings. The lowest BCUT2D eigenvalue weighted by molar-refractivity contribution is -0.145. The molecule has 22 heavy (non-hydrogen) atoms. The Morgan fingerprint density at radius 2 is 1.91 bits per heavy atom. The molecule has 0 N–H and O–H groups in total. The van der Waals surface area contributed by atoms with Gasteiger partial charge in [-0.15, -0.1) is 6.58 Å². The van der Waals surface area contributed by atoms with Gasteiger partial charge in [-0.25, -0.2) is 0 Å². The molecule has 0 unspecified atom stereocenters. The third-order valence-corrected chi connectivity index (χ3v) is 3.94. The van der Waals surface area contributed by atoms with Crippen molar-refractivity contribution in [3.05, 3.63) is 54.8 Å². The first-order valence-electron chi connectivity index (χ1n) is 8.16. The lowest BCUT2D eigenvalue weighted by Crippen LogP contribution is -2.40. The first kappa shape index (κ1) is 16.8. The van der Waals surface area contributed by atoms with Gasteiger partial charge in [-0.1, -0.05) is 36.4 Å². The third kappa shape index (κ3) is 4.46. The summed E-state index contributed by atoms with van der Waals surface area (Å²) >= 11 is 0.